The molecule has 0 bridgehead atoms. The molecule has 2 nitrogen and oxygen atoms in total. The minimum atomic E-state index is 0.910. The van der Waals surface area contributed by atoms with Gasteiger partial charge in [-0.25, -0.2) is 0 Å². The number of fused-ring (bicyclic) bond motifs is 3. The number of para-hydroxylation sites is 2. The van der Waals surface area contributed by atoms with E-state index in [0.29, 0.717) is 0 Å². The van der Waals surface area contributed by atoms with E-state index in [-0.39, 0.29) is 0 Å². The Bertz CT molecular complexity index is 2180. The molecule has 0 fully saturated rings. The minimum Gasteiger partial charge on any atom is -0.455 e. The van der Waals surface area contributed by atoms with Crippen molar-refractivity contribution in [3.63, 3.8) is 0 Å². The van der Waals surface area contributed by atoms with Crippen LogP contribution in [0.4, 0.5) is 0 Å². The van der Waals surface area contributed by atoms with Gasteiger partial charge in [0.1, 0.15) is 11.2 Å². The number of nitrogens with zero attached hydrogens (tertiary/aromatic N) is 1. The maximum Gasteiger partial charge on any atom is 0.143 e. The van der Waals surface area contributed by atoms with Crippen LogP contribution in [0.1, 0.15) is 0 Å². The summed E-state index contributed by atoms with van der Waals surface area (Å²) < 4.78 is 6.70. The summed E-state index contributed by atoms with van der Waals surface area (Å²) >= 11 is 0. The summed E-state index contributed by atoms with van der Waals surface area (Å²) in [6.07, 6.45) is 1.95. The van der Waals surface area contributed by atoms with Crippen molar-refractivity contribution < 1.29 is 4.42 Å². The standard InChI is InChI=1S/C41H27NO/c1-3-9-28(10-4-1)29-17-21-31(22-18-29)35-13-7-15-37-38-16-8-14-36(41(38)43-40(35)37)32-23-19-30(20-24-32)34-25-26-39(42-27-34)33-11-5-2-6-12-33/h1-27H. The van der Waals surface area contributed by atoms with Crippen molar-refractivity contribution in [3.8, 4) is 55.8 Å². The van der Waals surface area contributed by atoms with Crippen molar-refractivity contribution in [1.29, 1.82) is 0 Å². The molecule has 0 unspecified atom stereocenters. The Hall–Kier alpha value is -5.73. The van der Waals surface area contributed by atoms with Crippen LogP contribution in [0.15, 0.2) is 168 Å². The molecule has 0 spiro atoms. The van der Waals surface area contributed by atoms with Gasteiger partial charge in [-0.1, -0.05) is 152 Å². The van der Waals surface area contributed by atoms with Crippen LogP contribution < -0.4 is 0 Å². The molecule has 43 heavy (non-hydrogen) atoms. The second-order valence-corrected chi connectivity index (χ2v) is 10.8. The van der Waals surface area contributed by atoms with Crippen LogP contribution in [-0.2, 0) is 0 Å². The van der Waals surface area contributed by atoms with Crippen LogP contribution >= 0.6 is 0 Å². The van der Waals surface area contributed by atoms with Gasteiger partial charge in [-0.2, -0.15) is 0 Å². The molecule has 8 rings (SSSR count). The Kier molecular flexibility index (Phi) is 6.16. The molecule has 0 saturated carbocycles. The van der Waals surface area contributed by atoms with Gasteiger partial charge in [-0.3, -0.25) is 4.98 Å². The molecule has 202 valence electrons. The number of rotatable bonds is 5. The number of pyridine rings is 1. The molecule has 0 aliphatic heterocycles. The zero-order valence-electron chi connectivity index (χ0n) is 23.4. The smallest absolute Gasteiger partial charge is 0.143 e. The minimum absolute atomic E-state index is 0.910. The predicted octanol–water partition coefficient (Wildman–Crippen LogP) is 11.3. The molecule has 0 aliphatic carbocycles. The number of furan rings is 1. The second kappa shape index (κ2) is 10.6. The summed E-state index contributed by atoms with van der Waals surface area (Å²) in [5.74, 6) is 0. The van der Waals surface area contributed by atoms with Gasteiger partial charge in [0.15, 0.2) is 0 Å². The highest BCUT2D eigenvalue weighted by atomic mass is 16.3. The molecular weight excluding hydrogens is 522 g/mol. The lowest BCUT2D eigenvalue weighted by Crippen LogP contribution is -1.85. The molecule has 0 atom stereocenters. The number of aromatic nitrogens is 1. The molecule has 0 radical (unpaired) electrons. The summed E-state index contributed by atoms with van der Waals surface area (Å²) in [7, 11) is 0. The second-order valence-electron chi connectivity index (χ2n) is 10.8. The van der Waals surface area contributed by atoms with Crippen LogP contribution in [0.25, 0.3) is 77.7 Å². The molecule has 8 aromatic rings. The maximum absolute atomic E-state index is 6.70. The van der Waals surface area contributed by atoms with E-state index in [2.05, 4.69) is 133 Å². The highest BCUT2D eigenvalue weighted by Crippen LogP contribution is 2.40. The Balaban J connectivity index is 1.14. The monoisotopic (exact) mass is 549 g/mol. The highest BCUT2D eigenvalue weighted by Gasteiger charge is 2.16. The number of hydrogen-bond acceptors (Lipinski definition) is 2. The van der Waals surface area contributed by atoms with Gasteiger partial charge in [0, 0.05) is 39.2 Å². The SMILES string of the molecule is c1ccc(-c2ccc(-c3cccc4c3oc3c(-c5ccc(-c6ccc(-c7ccccc7)nc6)cc5)cccc34)cc2)cc1. The molecule has 2 aromatic heterocycles. The average molecular weight is 550 g/mol. The number of hydrogen-bond donors (Lipinski definition) is 0. The van der Waals surface area contributed by atoms with Gasteiger partial charge < -0.3 is 4.42 Å². The molecule has 0 aliphatic rings. The topological polar surface area (TPSA) is 26.0 Å². The van der Waals surface area contributed by atoms with E-state index in [1.165, 1.54) is 11.1 Å². The quantitative estimate of drug-likeness (QED) is 0.213. The first-order valence-electron chi connectivity index (χ1n) is 14.5. The van der Waals surface area contributed by atoms with Crippen molar-refractivity contribution in [3.05, 3.63) is 164 Å². The van der Waals surface area contributed by atoms with Crippen molar-refractivity contribution in [1.82, 2.24) is 4.98 Å². The van der Waals surface area contributed by atoms with Crippen molar-refractivity contribution >= 4 is 21.9 Å². The molecular formula is C41H27NO. The van der Waals surface area contributed by atoms with E-state index in [1.54, 1.807) is 0 Å². The molecule has 2 heterocycles. The molecule has 0 saturated heterocycles. The van der Waals surface area contributed by atoms with Gasteiger partial charge in [-0.15, -0.1) is 0 Å². The first-order chi connectivity index (χ1) is 21.3. The highest BCUT2D eigenvalue weighted by molar-refractivity contribution is 6.13. The van der Waals surface area contributed by atoms with Gasteiger partial charge >= 0.3 is 0 Å². The van der Waals surface area contributed by atoms with Crippen LogP contribution in [0.5, 0.6) is 0 Å². The van der Waals surface area contributed by atoms with Crippen LogP contribution in [-0.4, -0.2) is 4.98 Å². The zero-order valence-corrected chi connectivity index (χ0v) is 23.4. The van der Waals surface area contributed by atoms with E-state index < -0.39 is 0 Å². The summed E-state index contributed by atoms with van der Waals surface area (Å²) in [6.45, 7) is 0. The van der Waals surface area contributed by atoms with Crippen molar-refractivity contribution in [2.24, 2.45) is 0 Å². The fourth-order valence-electron chi connectivity index (χ4n) is 5.93. The van der Waals surface area contributed by atoms with E-state index in [4.69, 9.17) is 9.40 Å². The van der Waals surface area contributed by atoms with E-state index in [1.807, 2.05) is 30.5 Å². The van der Waals surface area contributed by atoms with Gasteiger partial charge in [0.05, 0.1) is 5.69 Å². The first-order valence-corrected chi connectivity index (χ1v) is 14.5. The Morgan fingerprint density at radius 3 is 1.28 bits per heavy atom. The largest absolute Gasteiger partial charge is 0.455 e. The lowest BCUT2D eigenvalue weighted by Gasteiger charge is -2.07. The predicted molar refractivity (Wildman–Crippen MR) is 179 cm³/mol. The third-order valence-corrected chi connectivity index (χ3v) is 8.19. The third kappa shape index (κ3) is 4.60. The lowest BCUT2D eigenvalue weighted by molar-refractivity contribution is 0.671. The fourth-order valence-corrected chi connectivity index (χ4v) is 5.93. The van der Waals surface area contributed by atoms with Crippen molar-refractivity contribution in [2.75, 3.05) is 0 Å². The van der Waals surface area contributed by atoms with Crippen LogP contribution in [0.3, 0.4) is 0 Å². The molecule has 0 N–H and O–H groups in total. The summed E-state index contributed by atoms with van der Waals surface area (Å²) in [5.41, 5.74) is 13.0. The Morgan fingerprint density at radius 1 is 0.326 bits per heavy atom. The molecule has 0 amide bonds. The molecule has 6 aromatic carbocycles. The number of benzene rings is 6. The molecule has 2 heteroatoms. The Morgan fingerprint density at radius 2 is 0.767 bits per heavy atom. The van der Waals surface area contributed by atoms with Gasteiger partial charge in [-0.05, 0) is 33.9 Å². The summed E-state index contributed by atoms with van der Waals surface area (Å²) in [6, 6.07) is 55.2. The van der Waals surface area contributed by atoms with E-state index in [9.17, 15) is 0 Å². The van der Waals surface area contributed by atoms with E-state index >= 15 is 0 Å². The summed E-state index contributed by atoms with van der Waals surface area (Å²) in [5, 5.41) is 2.25. The third-order valence-electron chi connectivity index (χ3n) is 8.19. The van der Waals surface area contributed by atoms with E-state index in [0.717, 1.165) is 66.6 Å². The average Bonchev–Trinajstić information content (AvgIpc) is 3.49. The van der Waals surface area contributed by atoms with Gasteiger partial charge in [0.25, 0.3) is 0 Å². The lowest BCUT2D eigenvalue weighted by atomic mass is 9.97. The van der Waals surface area contributed by atoms with Crippen molar-refractivity contribution in [2.45, 2.75) is 0 Å². The van der Waals surface area contributed by atoms with Crippen LogP contribution in [0, 0.1) is 0 Å². The Labute approximate surface area is 250 Å². The zero-order chi connectivity index (χ0) is 28.6. The fraction of sp³-hybridized carbons (Fsp3) is 0. The van der Waals surface area contributed by atoms with Gasteiger partial charge in [0.2, 0.25) is 0 Å². The summed E-state index contributed by atoms with van der Waals surface area (Å²) in [4.78, 5) is 4.71. The van der Waals surface area contributed by atoms with Crippen LogP contribution in [0.2, 0.25) is 0 Å². The first kappa shape index (κ1) is 25.0. The maximum atomic E-state index is 6.70. The normalized spacial score (nSPS) is 11.3.